The van der Waals surface area contributed by atoms with E-state index in [-0.39, 0.29) is 5.54 Å². The Hall–Kier alpha value is -0.900. The van der Waals surface area contributed by atoms with Crippen LogP contribution in [0.25, 0.3) is 0 Å². The topological polar surface area (TPSA) is 47.3 Å². The van der Waals surface area contributed by atoms with E-state index in [9.17, 15) is 0 Å². The predicted octanol–water partition coefficient (Wildman–Crippen LogP) is 2.27. The molecule has 1 aromatic carbocycles. The van der Waals surface area contributed by atoms with Crippen molar-refractivity contribution in [2.24, 2.45) is 11.1 Å². The third-order valence-electron chi connectivity index (χ3n) is 4.22. The molecule has 0 spiro atoms. The molecule has 0 radical (unpaired) electrons. The Balaban J connectivity index is 1.79. The zero-order valence-corrected chi connectivity index (χ0v) is 12.1. The van der Waals surface area contributed by atoms with E-state index in [1.807, 2.05) is 18.2 Å². The highest BCUT2D eigenvalue weighted by Crippen LogP contribution is 2.48. The van der Waals surface area contributed by atoms with Crippen molar-refractivity contribution in [1.29, 1.82) is 0 Å². The fourth-order valence-electron chi connectivity index (χ4n) is 2.52. The van der Waals surface area contributed by atoms with Crippen molar-refractivity contribution in [3.05, 3.63) is 35.9 Å². The second-order valence-corrected chi connectivity index (χ2v) is 6.13. The van der Waals surface area contributed by atoms with Crippen LogP contribution in [-0.2, 0) is 10.3 Å². The second-order valence-electron chi connectivity index (χ2n) is 6.13. The minimum atomic E-state index is -0.307. The van der Waals surface area contributed by atoms with Gasteiger partial charge in [0.25, 0.3) is 0 Å². The van der Waals surface area contributed by atoms with Crippen LogP contribution >= 0.6 is 0 Å². The molecule has 106 valence electrons. The first-order valence-electron chi connectivity index (χ1n) is 7.12. The van der Waals surface area contributed by atoms with Gasteiger partial charge in [0, 0.05) is 26.8 Å². The van der Waals surface area contributed by atoms with E-state index in [0.29, 0.717) is 5.41 Å². The van der Waals surface area contributed by atoms with Crippen molar-refractivity contribution in [2.45, 2.75) is 31.7 Å². The molecule has 3 N–H and O–H groups in total. The van der Waals surface area contributed by atoms with E-state index in [4.69, 9.17) is 10.5 Å². The van der Waals surface area contributed by atoms with E-state index < -0.39 is 0 Å². The predicted molar refractivity (Wildman–Crippen MR) is 79.0 cm³/mol. The number of hydrogen-bond acceptors (Lipinski definition) is 3. The molecular weight excluding hydrogens is 236 g/mol. The van der Waals surface area contributed by atoms with Crippen LogP contribution in [0.4, 0.5) is 0 Å². The average Bonchev–Trinajstić information content (AvgIpc) is 3.18. The maximum absolute atomic E-state index is 6.40. The Morgan fingerprint density at radius 3 is 2.58 bits per heavy atom. The molecule has 3 heteroatoms. The smallest absolute Gasteiger partial charge is 0.0507 e. The Bertz CT molecular complexity index is 385. The Kier molecular flexibility index (Phi) is 4.61. The van der Waals surface area contributed by atoms with Gasteiger partial charge in [-0.05, 0) is 37.2 Å². The molecule has 0 bridgehead atoms. The fourth-order valence-corrected chi connectivity index (χ4v) is 2.52. The Morgan fingerprint density at radius 1 is 1.32 bits per heavy atom. The second kappa shape index (κ2) is 6.04. The third kappa shape index (κ3) is 4.03. The van der Waals surface area contributed by atoms with E-state index in [0.717, 1.165) is 26.1 Å². The van der Waals surface area contributed by atoms with Crippen molar-refractivity contribution in [3.8, 4) is 0 Å². The average molecular weight is 262 g/mol. The summed E-state index contributed by atoms with van der Waals surface area (Å²) in [6, 6.07) is 10.3. The van der Waals surface area contributed by atoms with Gasteiger partial charge in [-0.15, -0.1) is 0 Å². The normalized spacial score (nSPS) is 19.9. The largest absolute Gasteiger partial charge is 0.385 e. The third-order valence-corrected chi connectivity index (χ3v) is 4.22. The van der Waals surface area contributed by atoms with E-state index in [1.54, 1.807) is 7.11 Å². The molecule has 0 amide bonds. The standard InChI is InChI=1S/C16H26N2O/c1-15(17,14-6-4-3-5-7-14)12-18-13-16(8-9-16)10-11-19-2/h3-7,18H,8-13,17H2,1-2H3. The lowest BCUT2D eigenvalue weighted by molar-refractivity contribution is 0.170. The highest BCUT2D eigenvalue weighted by molar-refractivity contribution is 5.23. The molecule has 3 nitrogen and oxygen atoms in total. The number of nitrogens with one attached hydrogen (secondary N) is 1. The van der Waals surface area contributed by atoms with E-state index in [1.165, 1.54) is 18.4 Å². The van der Waals surface area contributed by atoms with Gasteiger partial charge in [0.1, 0.15) is 0 Å². The molecular formula is C16H26N2O. The van der Waals surface area contributed by atoms with Crippen molar-refractivity contribution in [2.75, 3.05) is 26.8 Å². The molecule has 0 aliphatic heterocycles. The summed E-state index contributed by atoms with van der Waals surface area (Å²) in [5, 5.41) is 3.56. The number of rotatable bonds is 8. The van der Waals surface area contributed by atoms with Gasteiger partial charge in [0.15, 0.2) is 0 Å². The maximum atomic E-state index is 6.40. The molecule has 1 aliphatic rings. The SMILES string of the molecule is COCCC1(CNCC(C)(N)c2ccccc2)CC1. The zero-order valence-electron chi connectivity index (χ0n) is 12.1. The van der Waals surface area contributed by atoms with Crippen LogP contribution in [0, 0.1) is 5.41 Å². The fraction of sp³-hybridized carbons (Fsp3) is 0.625. The lowest BCUT2D eigenvalue weighted by atomic mass is 9.93. The summed E-state index contributed by atoms with van der Waals surface area (Å²) in [6.07, 6.45) is 3.79. The summed E-state index contributed by atoms with van der Waals surface area (Å²) in [5.74, 6) is 0. The maximum Gasteiger partial charge on any atom is 0.0507 e. The lowest BCUT2D eigenvalue weighted by Crippen LogP contribution is -2.44. The van der Waals surface area contributed by atoms with Crippen molar-refractivity contribution < 1.29 is 4.74 Å². The summed E-state index contributed by atoms with van der Waals surface area (Å²) in [6.45, 7) is 4.81. The summed E-state index contributed by atoms with van der Waals surface area (Å²) < 4.78 is 5.18. The number of nitrogens with two attached hydrogens (primary N) is 1. The molecule has 1 unspecified atom stereocenters. The molecule has 1 atom stereocenters. The van der Waals surface area contributed by atoms with Crippen molar-refractivity contribution >= 4 is 0 Å². The van der Waals surface area contributed by atoms with Gasteiger partial charge in [-0.2, -0.15) is 0 Å². The summed E-state index contributed by atoms with van der Waals surface area (Å²) in [4.78, 5) is 0. The van der Waals surface area contributed by atoms with Crippen LogP contribution in [0.15, 0.2) is 30.3 Å². The minimum Gasteiger partial charge on any atom is -0.385 e. The first kappa shape index (κ1) is 14.5. The van der Waals surface area contributed by atoms with E-state index >= 15 is 0 Å². The Labute approximate surface area is 116 Å². The highest BCUT2D eigenvalue weighted by atomic mass is 16.5. The molecule has 2 rings (SSSR count). The van der Waals surface area contributed by atoms with Crippen molar-refractivity contribution in [1.82, 2.24) is 5.32 Å². The zero-order chi connectivity index (χ0) is 13.8. The van der Waals surface area contributed by atoms with Gasteiger partial charge in [0.05, 0.1) is 5.54 Å². The molecule has 1 aliphatic carbocycles. The molecule has 1 fully saturated rings. The molecule has 0 aromatic heterocycles. The van der Waals surface area contributed by atoms with Crippen LogP contribution < -0.4 is 11.1 Å². The van der Waals surface area contributed by atoms with Crippen molar-refractivity contribution in [3.63, 3.8) is 0 Å². The summed E-state index contributed by atoms with van der Waals surface area (Å²) in [7, 11) is 1.77. The Morgan fingerprint density at radius 2 is 2.00 bits per heavy atom. The number of methoxy groups -OCH3 is 1. The molecule has 0 heterocycles. The molecule has 19 heavy (non-hydrogen) atoms. The monoisotopic (exact) mass is 262 g/mol. The summed E-state index contributed by atoms with van der Waals surface area (Å²) >= 11 is 0. The first-order valence-corrected chi connectivity index (χ1v) is 7.12. The van der Waals surface area contributed by atoms with Gasteiger partial charge in [0.2, 0.25) is 0 Å². The van der Waals surface area contributed by atoms with Gasteiger partial charge >= 0.3 is 0 Å². The summed E-state index contributed by atoms with van der Waals surface area (Å²) in [5.41, 5.74) is 7.75. The van der Waals surface area contributed by atoms with Crippen LogP contribution in [0.2, 0.25) is 0 Å². The number of hydrogen-bond donors (Lipinski definition) is 2. The minimum absolute atomic E-state index is 0.307. The number of ether oxygens (including phenoxy) is 1. The highest BCUT2D eigenvalue weighted by Gasteiger charge is 2.41. The van der Waals surface area contributed by atoms with Crippen LogP contribution in [0.1, 0.15) is 31.7 Å². The molecule has 0 saturated heterocycles. The quantitative estimate of drug-likeness (QED) is 0.755. The van der Waals surface area contributed by atoms with Crippen LogP contribution in [-0.4, -0.2) is 26.8 Å². The van der Waals surface area contributed by atoms with E-state index in [2.05, 4.69) is 24.4 Å². The van der Waals surface area contributed by atoms with Gasteiger partial charge < -0.3 is 15.8 Å². The van der Waals surface area contributed by atoms with Gasteiger partial charge in [-0.1, -0.05) is 30.3 Å². The van der Waals surface area contributed by atoms with Gasteiger partial charge in [-0.25, -0.2) is 0 Å². The molecule has 1 aromatic rings. The first-order chi connectivity index (χ1) is 9.08. The van der Waals surface area contributed by atoms with Crippen LogP contribution in [0.5, 0.6) is 0 Å². The van der Waals surface area contributed by atoms with Gasteiger partial charge in [-0.3, -0.25) is 0 Å². The lowest BCUT2D eigenvalue weighted by Gasteiger charge is -2.27. The molecule has 1 saturated carbocycles. The van der Waals surface area contributed by atoms with Crippen LogP contribution in [0.3, 0.4) is 0 Å². The number of benzene rings is 1.